The van der Waals surface area contributed by atoms with Gasteiger partial charge in [0.1, 0.15) is 4.86 Å². The average molecular weight is 520 g/mol. The molecule has 0 spiro atoms. The number of benzene rings is 2. The zero-order valence-electron chi connectivity index (χ0n) is 20.1. The number of rotatable bonds is 9. The molecule has 1 unspecified atom stereocenters. The van der Waals surface area contributed by atoms with Gasteiger partial charge in [0.2, 0.25) is 0 Å². The van der Waals surface area contributed by atoms with Crippen LogP contribution in [0.2, 0.25) is 0 Å². The van der Waals surface area contributed by atoms with Gasteiger partial charge in [-0.25, -0.2) is 27.1 Å². The van der Waals surface area contributed by atoms with Gasteiger partial charge >= 0.3 is 12.1 Å². The first-order valence-electron chi connectivity index (χ1n) is 11.2. The Labute approximate surface area is 208 Å². The summed E-state index contributed by atoms with van der Waals surface area (Å²) >= 11 is 0. The zero-order chi connectivity index (χ0) is 25.6. The molecule has 1 amide bonds. The number of hydrogen-bond acceptors (Lipinski definition) is 8. The van der Waals surface area contributed by atoms with Crippen LogP contribution in [-0.2, 0) is 30.0 Å². The van der Waals surface area contributed by atoms with Crippen molar-refractivity contribution in [3.8, 4) is 11.1 Å². The number of sulfonamides is 1. The molecule has 1 N–H and O–H groups in total. The fourth-order valence-electron chi connectivity index (χ4n) is 3.55. The molecule has 1 atom stereocenters. The molecule has 1 heterocycles. The van der Waals surface area contributed by atoms with E-state index in [1.165, 1.54) is 6.07 Å². The normalized spacial score (nSPS) is 15.5. The Kier molecular flexibility index (Phi) is 8.68. The summed E-state index contributed by atoms with van der Waals surface area (Å²) in [5.41, 5.74) is 2.75. The number of hydrogen-bond donors (Lipinski definition) is 1. The number of nitrogens with one attached hydrogen (secondary N) is 1. The van der Waals surface area contributed by atoms with Gasteiger partial charge in [-0.15, -0.1) is 0 Å². The van der Waals surface area contributed by atoms with E-state index in [2.05, 4.69) is 5.10 Å². The fourth-order valence-corrected chi connectivity index (χ4v) is 6.85. The Bertz CT molecular complexity index is 1270. The lowest BCUT2D eigenvalue weighted by atomic mass is 10.0. The van der Waals surface area contributed by atoms with Gasteiger partial charge in [0.05, 0.1) is 23.8 Å². The van der Waals surface area contributed by atoms with Crippen molar-refractivity contribution in [2.45, 2.75) is 38.3 Å². The van der Waals surface area contributed by atoms with Crippen LogP contribution in [0, 0.1) is 0 Å². The summed E-state index contributed by atoms with van der Waals surface area (Å²) in [7, 11) is -4.71. The van der Waals surface area contributed by atoms with Crippen molar-refractivity contribution in [1.82, 2.24) is 9.14 Å². The minimum Gasteiger partial charge on any atom is -0.462 e. The maximum atomic E-state index is 12.8. The second kappa shape index (κ2) is 11.5. The van der Waals surface area contributed by atoms with Crippen LogP contribution in [0.4, 0.5) is 4.79 Å². The predicted molar refractivity (Wildman–Crippen MR) is 138 cm³/mol. The summed E-state index contributed by atoms with van der Waals surface area (Å²) in [6, 6.07) is 13.9. The SMILES string of the molecule is CCOC(=O)NS(=O)(=O)c1ccccc1-c1ccc(CS2=C(C(=O)OCC)C(C)=NN2CC)cc1. The standard InChI is InChI=1S/C24H29N3O6S2/c1-5-27-25-17(4)22(23(28)32-6-2)34(27)16-18-12-14-19(15-13-18)20-10-8-9-11-21(20)35(30,31)26-24(29)33-7-3/h8-15H,5-7,16H2,1-4H3,(H,26,29). The molecule has 188 valence electrons. The molecular formula is C24H29N3O6S2. The minimum absolute atomic E-state index is 0.0300. The van der Waals surface area contributed by atoms with Crippen LogP contribution in [0.1, 0.15) is 33.3 Å². The quantitative estimate of drug-likeness (QED) is 0.394. The highest BCUT2D eigenvalue weighted by Crippen LogP contribution is 2.34. The maximum Gasteiger partial charge on any atom is 0.421 e. The Morgan fingerprint density at radius 1 is 1.00 bits per heavy atom. The van der Waals surface area contributed by atoms with Crippen LogP contribution in [0.3, 0.4) is 0 Å². The third kappa shape index (κ3) is 6.09. The van der Waals surface area contributed by atoms with E-state index in [0.717, 1.165) is 5.56 Å². The van der Waals surface area contributed by atoms with Crippen molar-refractivity contribution in [2.24, 2.45) is 5.10 Å². The summed E-state index contributed by atoms with van der Waals surface area (Å²) in [6.45, 7) is 8.16. The van der Waals surface area contributed by atoms with E-state index in [0.29, 0.717) is 40.6 Å². The van der Waals surface area contributed by atoms with E-state index in [1.54, 1.807) is 32.0 Å². The molecule has 0 saturated heterocycles. The molecule has 35 heavy (non-hydrogen) atoms. The molecule has 9 nitrogen and oxygen atoms in total. The van der Waals surface area contributed by atoms with Crippen molar-refractivity contribution in [1.29, 1.82) is 0 Å². The molecular weight excluding hydrogens is 490 g/mol. The van der Waals surface area contributed by atoms with Gasteiger partial charge in [-0.05, 0) is 44.9 Å². The van der Waals surface area contributed by atoms with Crippen LogP contribution < -0.4 is 4.72 Å². The van der Waals surface area contributed by atoms with Gasteiger partial charge in [0, 0.05) is 17.9 Å². The lowest BCUT2D eigenvalue weighted by Crippen LogP contribution is -2.31. The first kappa shape index (κ1) is 26.4. The number of hydrazone groups is 1. The number of nitrogens with zero attached hydrogens (tertiary/aromatic N) is 2. The highest BCUT2D eigenvalue weighted by atomic mass is 32.2. The summed E-state index contributed by atoms with van der Waals surface area (Å²) < 4.78 is 39.4. The van der Waals surface area contributed by atoms with E-state index in [4.69, 9.17) is 9.47 Å². The number of carbonyl (C=O) groups is 2. The van der Waals surface area contributed by atoms with Crippen molar-refractivity contribution in [2.75, 3.05) is 19.8 Å². The topological polar surface area (TPSA) is 114 Å². The molecule has 11 heteroatoms. The summed E-state index contributed by atoms with van der Waals surface area (Å²) in [4.78, 5) is 24.8. The predicted octanol–water partition coefficient (Wildman–Crippen LogP) is 3.92. The Hall–Kier alpha value is -3.18. The Morgan fingerprint density at radius 2 is 1.66 bits per heavy atom. The van der Waals surface area contributed by atoms with Crippen molar-refractivity contribution in [3.63, 3.8) is 0 Å². The van der Waals surface area contributed by atoms with Crippen LogP contribution in [0.5, 0.6) is 0 Å². The van der Waals surface area contributed by atoms with Gasteiger partial charge in [0.25, 0.3) is 10.0 Å². The highest BCUT2D eigenvalue weighted by Gasteiger charge is 2.28. The largest absolute Gasteiger partial charge is 0.462 e. The lowest BCUT2D eigenvalue weighted by molar-refractivity contribution is -0.134. The molecule has 0 radical (unpaired) electrons. The van der Waals surface area contributed by atoms with Crippen LogP contribution >= 0.6 is 10.7 Å². The van der Waals surface area contributed by atoms with Crippen LogP contribution in [-0.4, -0.2) is 55.2 Å². The van der Waals surface area contributed by atoms with Gasteiger partial charge in [-0.2, -0.15) is 5.10 Å². The average Bonchev–Trinajstić information content (AvgIpc) is 3.14. The second-order valence-electron chi connectivity index (χ2n) is 7.43. The zero-order valence-corrected chi connectivity index (χ0v) is 21.7. The van der Waals surface area contributed by atoms with E-state index in [-0.39, 0.29) is 17.5 Å². The number of esters is 1. The second-order valence-corrected chi connectivity index (χ2v) is 10.9. The van der Waals surface area contributed by atoms with Gasteiger partial charge in [-0.3, -0.25) is 0 Å². The number of ether oxygens (including phenoxy) is 2. The third-order valence-corrected chi connectivity index (χ3v) is 8.81. The summed E-state index contributed by atoms with van der Waals surface area (Å²) in [5.74, 6) is 0.214. The van der Waals surface area contributed by atoms with Crippen LogP contribution in [0.25, 0.3) is 11.1 Å². The Morgan fingerprint density at radius 3 is 2.29 bits per heavy atom. The fraction of sp³-hybridized carbons (Fsp3) is 0.333. The first-order chi connectivity index (χ1) is 16.7. The van der Waals surface area contributed by atoms with E-state index in [9.17, 15) is 18.0 Å². The third-order valence-electron chi connectivity index (χ3n) is 5.05. The molecule has 1 aliphatic heterocycles. The molecule has 0 aliphatic carbocycles. The van der Waals surface area contributed by atoms with Crippen molar-refractivity contribution < 1.29 is 27.5 Å². The van der Waals surface area contributed by atoms with E-state index >= 15 is 0 Å². The molecule has 2 aromatic rings. The summed E-state index contributed by atoms with van der Waals surface area (Å²) in [6.07, 6.45) is -1.03. The van der Waals surface area contributed by atoms with Crippen LogP contribution in [0.15, 0.2) is 58.5 Å². The first-order valence-corrected chi connectivity index (χ1v) is 14.0. The molecule has 1 aliphatic rings. The molecule has 0 saturated carbocycles. The van der Waals surface area contributed by atoms with Gasteiger partial charge in [0.15, 0.2) is 0 Å². The smallest absolute Gasteiger partial charge is 0.421 e. The van der Waals surface area contributed by atoms with Gasteiger partial charge in [-0.1, -0.05) is 53.1 Å². The maximum absolute atomic E-state index is 12.8. The minimum atomic E-state index is -4.13. The molecule has 0 aromatic heterocycles. The number of amides is 1. The molecule has 0 fully saturated rings. The van der Waals surface area contributed by atoms with E-state index in [1.807, 2.05) is 47.2 Å². The van der Waals surface area contributed by atoms with Gasteiger partial charge < -0.3 is 9.47 Å². The molecule has 3 rings (SSSR count). The molecule has 0 bridgehead atoms. The Balaban J connectivity index is 1.91. The molecule has 2 aromatic carbocycles. The lowest BCUT2D eigenvalue weighted by Gasteiger charge is -2.19. The highest BCUT2D eigenvalue weighted by molar-refractivity contribution is 8.15. The van der Waals surface area contributed by atoms with Crippen molar-refractivity contribution >= 4 is 43.3 Å². The summed E-state index contributed by atoms with van der Waals surface area (Å²) in [5, 5.41) is 4.52. The monoisotopic (exact) mass is 519 g/mol. The van der Waals surface area contributed by atoms with E-state index < -0.39 is 26.8 Å². The van der Waals surface area contributed by atoms with Crippen molar-refractivity contribution in [3.05, 3.63) is 54.1 Å². The number of carbonyl (C=O) groups excluding carboxylic acids is 2.